The largest absolute Gasteiger partial charge is 0.271 e. The van der Waals surface area contributed by atoms with E-state index in [0.29, 0.717) is 26.2 Å². The van der Waals surface area contributed by atoms with Gasteiger partial charge < -0.3 is 0 Å². The van der Waals surface area contributed by atoms with Crippen LogP contribution in [0.1, 0.15) is 17.2 Å². The summed E-state index contributed by atoms with van der Waals surface area (Å²) in [5, 5.41) is 1.03. The highest BCUT2D eigenvalue weighted by molar-refractivity contribution is 6.42. The summed E-state index contributed by atoms with van der Waals surface area (Å²) in [4.78, 5) is 0. The van der Waals surface area contributed by atoms with Crippen LogP contribution >= 0.6 is 34.8 Å². The van der Waals surface area contributed by atoms with Gasteiger partial charge in [0, 0.05) is 10.6 Å². The van der Waals surface area contributed by atoms with E-state index in [1.807, 2.05) is 0 Å². The van der Waals surface area contributed by atoms with E-state index in [4.69, 9.17) is 40.6 Å². The summed E-state index contributed by atoms with van der Waals surface area (Å²) in [6, 6.07) is 8.86. The fourth-order valence-electron chi connectivity index (χ4n) is 1.83. The molecule has 0 saturated carbocycles. The van der Waals surface area contributed by atoms with Crippen molar-refractivity contribution >= 4 is 34.8 Å². The van der Waals surface area contributed by atoms with Gasteiger partial charge in [0.05, 0.1) is 16.1 Å². The van der Waals surface area contributed by atoms with Crippen LogP contribution in [0.4, 0.5) is 4.39 Å². The van der Waals surface area contributed by atoms with Crippen LogP contribution in [0.2, 0.25) is 15.1 Å². The lowest BCUT2D eigenvalue weighted by atomic mass is 9.99. The Balaban J connectivity index is 2.53. The molecule has 6 heteroatoms. The summed E-state index contributed by atoms with van der Waals surface area (Å²) in [5.41, 5.74) is 3.48. The van der Waals surface area contributed by atoms with Crippen LogP contribution in [0.3, 0.4) is 0 Å². The van der Waals surface area contributed by atoms with Gasteiger partial charge in [0.1, 0.15) is 5.82 Å². The minimum absolute atomic E-state index is 0.314. The highest BCUT2D eigenvalue weighted by Crippen LogP contribution is 2.34. The van der Waals surface area contributed by atoms with Crippen molar-refractivity contribution in [3.8, 4) is 0 Å². The lowest BCUT2D eigenvalue weighted by Crippen LogP contribution is -2.29. The van der Waals surface area contributed by atoms with E-state index in [9.17, 15) is 4.39 Å². The third-order valence-electron chi connectivity index (χ3n) is 2.73. The molecule has 0 heterocycles. The van der Waals surface area contributed by atoms with E-state index in [1.54, 1.807) is 30.3 Å². The van der Waals surface area contributed by atoms with Crippen LogP contribution in [0.5, 0.6) is 0 Å². The maximum absolute atomic E-state index is 13.9. The molecule has 0 amide bonds. The van der Waals surface area contributed by atoms with Crippen molar-refractivity contribution < 1.29 is 4.39 Å². The minimum Gasteiger partial charge on any atom is -0.271 e. The summed E-state index contributed by atoms with van der Waals surface area (Å²) in [7, 11) is 0. The van der Waals surface area contributed by atoms with Gasteiger partial charge in [0.15, 0.2) is 0 Å². The Morgan fingerprint density at radius 1 is 1.05 bits per heavy atom. The summed E-state index contributed by atoms with van der Waals surface area (Å²) < 4.78 is 13.9. The number of rotatable bonds is 3. The molecule has 0 aromatic heterocycles. The highest BCUT2D eigenvalue weighted by Gasteiger charge is 2.20. The van der Waals surface area contributed by atoms with Crippen LogP contribution in [0, 0.1) is 5.82 Å². The standard InChI is InChI=1S/C13H10Cl3FN2/c14-7-4-5-8(11(17)6-7)13(19-18)9-2-1-3-10(15)12(9)16/h1-6,13,19H,18H2. The minimum atomic E-state index is -0.608. The number of halogens is 4. The zero-order valence-electron chi connectivity index (χ0n) is 9.63. The van der Waals surface area contributed by atoms with Crippen LogP contribution in [-0.4, -0.2) is 0 Å². The lowest BCUT2D eigenvalue weighted by Gasteiger charge is -2.19. The number of nitrogens with one attached hydrogen (secondary N) is 1. The highest BCUT2D eigenvalue weighted by atomic mass is 35.5. The molecule has 0 spiro atoms. The van der Waals surface area contributed by atoms with Crippen LogP contribution in [0.15, 0.2) is 36.4 Å². The average Bonchev–Trinajstić information content (AvgIpc) is 2.37. The maximum atomic E-state index is 13.9. The van der Waals surface area contributed by atoms with Crippen LogP contribution in [0.25, 0.3) is 0 Å². The second kappa shape index (κ2) is 6.07. The predicted molar refractivity (Wildman–Crippen MR) is 77.0 cm³/mol. The van der Waals surface area contributed by atoms with E-state index < -0.39 is 11.9 Å². The molecule has 1 atom stereocenters. The third kappa shape index (κ3) is 3.02. The summed E-state index contributed by atoms with van der Waals surface area (Å²) in [5.74, 6) is 5.05. The van der Waals surface area contributed by atoms with Gasteiger partial charge in [0.25, 0.3) is 0 Å². The molecule has 0 saturated heterocycles. The molecule has 19 heavy (non-hydrogen) atoms. The molecule has 0 aliphatic carbocycles. The molecule has 0 bridgehead atoms. The molecular weight excluding hydrogens is 310 g/mol. The van der Waals surface area contributed by atoms with Gasteiger partial charge in [-0.15, -0.1) is 0 Å². The fraction of sp³-hybridized carbons (Fsp3) is 0.0769. The maximum Gasteiger partial charge on any atom is 0.129 e. The number of hydrogen-bond donors (Lipinski definition) is 2. The van der Waals surface area contributed by atoms with Crippen LogP contribution in [-0.2, 0) is 0 Å². The van der Waals surface area contributed by atoms with Crippen molar-refractivity contribution in [2.75, 3.05) is 0 Å². The Kier molecular flexibility index (Phi) is 4.66. The van der Waals surface area contributed by atoms with Gasteiger partial charge in [-0.25, -0.2) is 9.82 Å². The molecule has 0 radical (unpaired) electrons. The predicted octanol–water partition coefficient (Wildman–Crippen LogP) is 4.34. The van der Waals surface area contributed by atoms with Gasteiger partial charge >= 0.3 is 0 Å². The zero-order chi connectivity index (χ0) is 14.0. The molecule has 100 valence electrons. The molecule has 2 nitrogen and oxygen atoms in total. The molecule has 0 aliphatic rings. The fourth-order valence-corrected chi connectivity index (χ4v) is 2.40. The second-order valence-corrected chi connectivity index (χ2v) is 5.13. The number of hydrazine groups is 1. The first-order valence-corrected chi connectivity index (χ1v) is 6.53. The van der Waals surface area contributed by atoms with Gasteiger partial charge in [-0.05, 0) is 23.8 Å². The van der Waals surface area contributed by atoms with Crippen molar-refractivity contribution in [2.45, 2.75) is 6.04 Å². The molecule has 1 unspecified atom stereocenters. The zero-order valence-corrected chi connectivity index (χ0v) is 11.9. The Morgan fingerprint density at radius 3 is 2.42 bits per heavy atom. The summed E-state index contributed by atoms with van der Waals surface area (Å²) >= 11 is 17.8. The van der Waals surface area contributed by atoms with E-state index in [-0.39, 0.29) is 0 Å². The normalized spacial score (nSPS) is 12.5. The quantitative estimate of drug-likeness (QED) is 0.652. The van der Waals surface area contributed by atoms with Crippen LogP contribution < -0.4 is 11.3 Å². The molecule has 2 aromatic rings. The van der Waals surface area contributed by atoms with Crippen molar-refractivity contribution in [1.82, 2.24) is 5.43 Å². The second-order valence-electron chi connectivity index (χ2n) is 3.91. The molecule has 2 aromatic carbocycles. The van der Waals surface area contributed by atoms with Crippen molar-refractivity contribution in [3.05, 3.63) is 68.4 Å². The van der Waals surface area contributed by atoms with E-state index in [0.717, 1.165) is 0 Å². The average molecular weight is 320 g/mol. The Morgan fingerprint density at radius 2 is 1.79 bits per heavy atom. The molecule has 3 N–H and O–H groups in total. The monoisotopic (exact) mass is 318 g/mol. The third-order valence-corrected chi connectivity index (χ3v) is 3.80. The SMILES string of the molecule is NNC(c1ccc(Cl)cc1F)c1cccc(Cl)c1Cl. The first-order valence-electron chi connectivity index (χ1n) is 5.39. The Bertz CT molecular complexity index is 604. The van der Waals surface area contributed by atoms with E-state index in [1.165, 1.54) is 6.07 Å². The molecule has 0 aliphatic heterocycles. The first-order chi connectivity index (χ1) is 9.04. The lowest BCUT2D eigenvalue weighted by molar-refractivity contribution is 0.560. The van der Waals surface area contributed by atoms with Gasteiger partial charge in [-0.3, -0.25) is 5.84 Å². The molecular formula is C13H10Cl3FN2. The summed E-state index contributed by atoms with van der Waals surface area (Å²) in [6.45, 7) is 0. The number of benzene rings is 2. The van der Waals surface area contributed by atoms with Crippen molar-refractivity contribution in [2.24, 2.45) is 5.84 Å². The smallest absolute Gasteiger partial charge is 0.129 e. The van der Waals surface area contributed by atoms with E-state index >= 15 is 0 Å². The topological polar surface area (TPSA) is 38.0 Å². The number of hydrogen-bond acceptors (Lipinski definition) is 2. The van der Waals surface area contributed by atoms with Crippen molar-refractivity contribution in [3.63, 3.8) is 0 Å². The number of nitrogens with two attached hydrogens (primary N) is 1. The Labute approximate surface area is 125 Å². The molecule has 2 rings (SSSR count). The first kappa shape index (κ1) is 14.6. The summed E-state index contributed by atoms with van der Waals surface area (Å²) in [6.07, 6.45) is 0. The van der Waals surface area contributed by atoms with Gasteiger partial charge in [-0.2, -0.15) is 0 Å². The van der Waals surface area contributed by atoms with Crippen molar-refractivity contribution in [1.29, 1.82) is 0 Å². The van der Waals surface area contributed by atoms with Gasteiger partial charge in [-0.1, -0.05) is 53.0 Å². The Hall–Kier alpha value is -0.840. The van der Waals surface area contributed by atoms with Gasteiger partial charge in [0.2, 0.25) is 0 Å². The van der Waals surface area contributed by atoms with E-state index in [2.05, 4.69) is 5.43 Å². The molecule has 0 fully saturated rings.